The monoisotopic (exact) mass is 225 g/mol. The van der Waals surface area contributed by atoms with E-state index in [2.05, 4.69) is 52.1 Å². The lowest BCUT2D eigenvalue weighted by molar-refractivity contribution is 0.260. The van der Waals surface area contributed by atoms with E-state index in [9.17, 15) is 0 Å². The quantitative estimate of drug-likeness (QED) is 0.817. The third-order valence-electron chi connectivity index (χ3n) is 2.77. The predicted octanol–water partition coefficient (Wildman–Crippen LogP) is 3.97. The number of hydrogen-bond donors (Lipinski definition) is 1. The molecule has 0 aliphatic carbocycles. The van der Waals surface area contributed by atoms with Crippen LogP contribution < -0.4 is 5.32 Å². The molecule has 0 aliphatic heterocycles. The third-order valence-corrected chi connectivity index (χ3v) is 3.77. The Morgan fingerprint density at radius 2 is 2.00 bits per heavy atom. The van der Waals surface area contributed by atoms with E-state index in [1.165, 1.54) is 16.2 Å². The molecule has 0 radical (unpaired) electrons. The fourth-order valence-corrected chi connectivity index (χ4v) is 2.71. The molecule has 1 unspecified atom stereocenters. The molecule has 0 aromatic carbocycles. The minimum absolute atomic E-state index is 0.348. The molecule has 0 saturated carbocycles. The molecule has 15 heavy (non-hydrogen) atoms. The van der Waals surface area contributed by atoms with Gasteiger partial charge in [0.15, 0.2) is 0 Å². The highest BCUT2D eigenvalue weighted by Gasteiger charge is 2.21. The summed E-state index contributed by atoms with van der Waals surface area (Å²) in [6, 6.07) is 5.02. The summed E-state index contributed by atoms with van der Waals surface area (Å²) in [5, 5.41) is 3.65. The Balaban J connectivity index is 2.48. The molecule has 1 rings (SSSR count). The number of rotatable bonds is 4. The normalized spacial score (nSPS) is 14.2. The second-order valence-electron chi connectivity index (χ2n) is 5.22. The maximum absolute atomic E-state index is 3.65. The molecule has 2 heteroatoms. The van der Waals surface area contributed by atoms with Gasteiger partial charge in [0.1, 0.15) is 0 Å². The van der Waals surface area contributed by atoms with Crippen molar-refractivity contribution in [3.63, 3.8) is 0 Å². The van der Waals surface area contributed by atoms with Crippen LogP contribution in [0.2, 0.25) is 0 Å². The zero-order valence-electron chi connectivity index (χ0n) is 10.6. The third kappa shape index (κ3) is 3.96. The maximum Gasteiger partial charge on any atom is 0.0302 e. The van der Waals surface area contributed by atoms with Crippen molar-refractivity contribution in [3.8, 4) is 0 Å². The summed E-state index contributed by atoms with van der Waals surface area (Å²) in [4.78, 5) is 2.84. The summed E-state index contributed by atoms with van der Waals surface area (Å²) in [6.45, 7) is 12.3. The molecule has 86 valence electrons. The van der Waals surface area contributed by atoms with Gasteiger partial charge in [0.2, 0.25) is 0 Å². The molecule has 0 aliphatic rings. The predicted molar refractivity (Wildman–Crippen MR) is 69.4 cm³/mol. The van der Waals surface area contributed by atoms with Crippen molar-refractivity contribution >= 4 is 11.3 Å². The van der Waals surface area contributed by atoms with Crippen LogP contribution in [-0.4, -0.2) is 6.04 Å². The molecule has 1 heterocycles. The molecular weight excluding hydrogens is 202 g/mol. The first-order chi connectivity index (χ1) is 6.93. The van der Waals surface area contributed by atoms with Gasteiger partial charge in [-0.3, -0.25) is 0 Å². The van der Waals surface area contributed by atoms with E-state index in [1.807, 2.05) is 11.3 Å². The first-order valence-electron chi connectivity index (χ1n) is 5.72. The number of nitrogens with one attached hydrogen (secondary N) is 1. The average Bonchev–Trinajstić information content (AvgIpc) is 2.50. The van der Waals surface area contributed by atoms with Gasteiger partial charge in [-0.15, -0.1) is 11.3 Å². The van der Waals surface area contributed by atoms with Crippen molar-refractivity contribution in [2.75, 3.05) is 0 Å². The Bertz CT molecular complexity index is 296. The molecule has 1 nitrogen and oxygen atoms in total. The molecular formula is C13H23NS. The minimum atomic E-state index is 0.348. The molecule has 1 N–H and O–H groups in total. The van der Waals surface area contributed by atoms with Crippen LogP contribution in [0.5, 0.6) is 0 Å². The Kier molecular flexibility index (Phi) is 4.35. The average molecular weight is 225 g/mol. The zero-order chi connectivity index (χ0) is 11.5. The minimum Gasteiger partial charge on any atom is -0.309 e. The van der Waals surface area contributed by atoms with Crippen molar-refractivity contribution < 1.29 is 0 Å². The first kappa shape index (κ1) is 12.7. The van der Waals surface area contributed by atoms with Gasteiger partial charge in [-0.25, -0.2) is 0 Å². The number of aryl methyl sites for hydroxylation is 1. The molecule has 0 amide bonds. The summed E-state index contributed by atoms with van der Waals surface area (Å²) >= 11 is 1.89. The van der Waals surface area contributed by atoms with E-state index >= 15 is 0 Å². The van der Waals surface area contributed by atoms with Crippen molar-refractivity contribution in [1.82, 2.24) is 5.32 Å². The van der Waals surface area contributed by atoms with Gasteiger partial charge in [-0.1, -0.05) is 27.7 Å². The Morgan fingerprint density at radius 1 is 1.33 bits per heavy atom. The van der Waals surface area contributed by atoms with E-state index in [0.29, 0.717) is 11.5 Å². The lowest BCUT2D eigenvalue weighted by atomic mass is 9.85. The SMILES string of the molecule is CCC(NCc1ccc(C)s1)C(C)(C)C. The van der Waals surface area contributed by atoms with Crippen LogP contribution in [0.25, 0.3) is 0 Å². The van der Waals surface area contributed by atoms with Crippen LogP contribution in [0.1, 0.15) is 43.9 Å². The number of hydrogen-bond acceptors (Lipinski definition) is 2. The summed E-state index contributed by atoms with van der Waals surface area (Å²) < 4.78 is 0. The van der Waals surface area contributed by atoms with Crippen molar-refractivity contribution in [2.24, 2.45) is 5.41 Å². The van der Waals surface area contributed by atoms with Gasteiger partial charge in [-0.05, 0) is 30.9 Å². The van der Waals surface area contributed by atoms with Crippen LogP contribution in [0.15, 0.2) is 12.1 Å². The van der Waals surface area contributed by atoms with Gasteiger partial charge >= 0.3 is 0 Å². The molecule has 0 fully saturated rings. The number of thiophene rings is 1. The highest BCUT2D eigenvalue weighted by molar-refractivity contribution is 7.11. The van der Waals surface area contributed by atoms with E-state index in [-0.39, 0.29) is 0 Å². The van der Waals surface area contributed by atoms with Gasteiger partial charge in [0.05, 0.1) is 0 Å². The Hall–Kier alpha value is -0.340. The molecule has 1 aromatic heterocycles. The summed E-state index contributed by atoms with van der Waals surface area (Å²) in [5.74, 6) is 0. The molecule has 0 spiro atoms. The molecule has 1 aromatic rings. The van der Waals surface area contributed by atoms with Crippen LogP contribution in [0, 0.1) is 12.3 Å². The van der Waals surface area contributed by atoms with Gasteiger partial charge in [0.25, 0.3) is 0 Å². The lowest BCUT2D eigenvalue weighted by Gasteiger charge is -2.30. The standard InChI is InChI=1S/C13H23NS/c1-6-12(13(3,4)5)14-9-11-8-7-10(2)15-11/h7-8,12,14H,6,9H2,1-5H3. The highest BCUT2D eigenvalue weighted by atomic mass is 32.1. The Morgan fingerprint density at radius 3 is 2.40 bits per heavy atom. The summed E-state index contributed by atoms with van der Waals surface area (Å²) in [6.07, 6.45) is 1.19. The Labute approximate surface area is 97.9 Å². The van der Waals surface area contributed by atoms with Crippen molar-refractivity contribution in [1.29, 1.82) is 0 Å². The van der Waals surface area contributed by atoms with Gasteiger partial charge in [-0.2, -0.15) is 0 Å². The maximum atomic E-state index is 3.65. The van der Waals surface area contributed by atoms with Crippen LogP contribution in [-0.2, 0) is 6.54 Å². The molecule has 0 bridgehead atoms. The topological polar surface area (TPSA) is 12.0 Å². The van der Waals surface area contributed by atoms with E-state index in [4.69, 9.17) is 0 Å². The second-order valence-corrected chi connectivity index (χ2v) is 6.59. The first-order valence-corrected chi connectivity index (χ1v) is 6.54. The van der Waals surface area contributed by atoms with E-state index < -0.39 is 0 Å². The van der Waals surface area contributed by atoms with Gasteiger partial charge < -0.3 is 5.32 Å². The van der Waals surface area contributed by atoms with Crippen molar-refractivity contribution in [3.05, 3.63) is 21.9 Å². The van der Waals surface area contributed by atoms with Crippen LogP contribution in [0.3, 0.4) is 0 Å². The fraction of sp³-hybridized carbons (Fsp3) is 0.692. The van der Waals surface area contributed by atoms with Crippen LogP contribution >= 0.6 is 11.3 Å². The van der Waals surface area contributed by atoms with Crippen molar-refractivity contribution in [2.45, 2.75) is 53.6 Å². The largest absolute Gasteiger partial charge is 0.309 e. The summed E-state index contributed by atoms with van der Waals surface area (Å²) in [5.41, 5.74) is 0.348. The zero-order valence-corrected chi connectivity index (χ0v) is 11.4. The fourth-order valence-electron chi connectivity index (χ4n) is 1.87. The van der Waals surface area contributed by atoms with E-state index in [1.54, 1.807) is 0 Å². The second kappa shape index (κ2) is 5.13. The van der Waals surface area contributed by atoms with Crippen LogP contribution in [0.4, 0.5) is 0 Å². The molecule has 1 atom stereocenters. The lowest BCUT2D eigenvalue weighted by Crippen LogP contribution is -2.39. The summed E-state index contributed by atoms with van der Waals surface area (Å²) in [7, 11) is 0. The van der Waals surface area contributed by atoms with Gasteiger partial charge in [0, 0.05) is 22.3 Å². The molecule has 0 saturated heterocycles. The van der Waals surface area contributed by atoms with E-state index in [0.717, 1.165) is 6.54 Å². The smallest absolute Gasteiger partial charge is 0.0302 e. The highest BCUT2D eigenvalue weighted by Crippen LogP contribution is 2.22.